The number of para-hydroxylation sites is 2. The van der Waals surface area contributed by atoms with Crippen LogP contribution in [-0.2, 0) is 4.74 Å². The lowest BCUT2D eigenvalue weighted by Gasteiger charge is -2.20. The van der Waals surface area contributed by atoms with E-state index in [0.717, 1.165) is 0 Å². The summed E-state index contributed by atoms with van der Waals surface area (Å²) in [5.74, 6) is 0. The van der Waals surface area contributed by atoms with E-state index >= 15 is 0 Å². The number of carbonyl (C=O) groups excluding carboxylic acids is 1. The number of amides is 2. The third-order valence-corrected chi connectivity index (χ3v) is 2.64. The summed E-state index contributed by atoms with van der Waals surface area (Å²) in [6.45, 7) is 0. The van der Waals surface area contributed by atoms with Gasteiger partial charge in [-0.3, -0.25) is 4.90 Å². The number of carbonyl (C=O) groups is 1. The van der Waals surface area contributed by atoms with Gasteiger partial charge in [-0.1, -0.05) is 36.4 Å². The number of hydrogen-bond donors (Lipinski definition) is 1. The SMILES string of the molecule is CO/C(N)=N/C(=O)N(c1ccccc1)c1ccccc1. The van der Waals surface area contributed by atoms with E-state index in [4.69, 9.17) is 10.5 Å². The summed E-state index contributed by atoms with van der Waals surface area (Å²) in [5.41, 5.74) is 6.86. The van der Waals surface area contributed by atoms with Gasteiger partial charge in [0.15, 0.2) is 0 Å². The van der Waals surface area contributed by atoms with E-state index in [1.165, 1.54) is 12.0 Å². The van der Waals surface area contributed by atoms with Crippen molar-refractivity contribution >= 4 is 23.4 Å². The molecule has 0 aliphatic carbocycles. The number of nitrogens with two attached hydrogens (primary N) is 1. The van der Waals surface area contributed by atoms with Crippen molar-refractivity contribution in [3.63, 3.8) is 0 Å². The highest BCUT2D eigenvalue weighted by Gasteiger charge is 2.17. The second-order valence-corrected chi connectivity index (χ2v) is 3.94. The summed E-state index contributed by atoms with van der Waals surface area (Å²) >= 11 is 0. The van der Waals surface area contributed by atoms with Gasteiger partial charge in [0.2, 0.25) is 0 Å². The smallest absolute Gasteiger partial charge is 0.357 e. The van der Waals surface area contributed by atoms with E-state index in [9.17, 15) is 4.79 Å². The molecule has 0 fully saturated rings. The lowest BCUT2D eigenvalue weighted by molar-refractivity contribution is 0.255. The summed E-state index contributed by atoms with van der Waals surface area (Å²) in [4.78, 5) is 17.5. The Balaban J connectivity index is 2.43. The molecule has 102 valence electrons. The monoisotopic (exact) mass is 269 g/mol. The Morgan fingerprint density at radius 2 is 1.45 bits per heavy atom. The zero-order valence-corrected chi connectivity index (χ0v) is 11.1. The van der Waals surface area contributed by atoms with E-state index in [1.807, 2.05) is 60.7 Å². The fourth-order valence-electron chi connectivity index (χ4n) is 1.71. The van der Waals surface area contributed by atoms with Crippen molar-refractivity contribution in [2.75, 3.05) is 12.0 Å². The van der Waals surface area contributed by atoms with Crippen LogP contribution in [0, 0.1) is 0 Å². The number of hydrogen-bond acceptors (Lipinski definition) is 2. The molecule has 0 saturated carbocycles. The van der Waals surface area contributed by atoms with Crippen LogP contribution in [0.5, 0.6) is 0 Å². The fraction of sp³-hybridized carbons (Fsp3) is 0.0667. The summed E-state index contributed by atoms with van der Waals surface area (Å²) < 4.78 is 4.72. The molecule has 0 aliphatic heterocycles. The number of urea groups is 1. The molecule has 2 rings (SSSR count). The van der Waals surface area contributed by atoms with Crippen molar-refractivity contribution in [2.45, 2.75) is 0 Å². The quantitative estimate of drug-likeness (QED) is 0.673. The largest absolute Gasteiger partial charge is 0.468 e. The van der Waals surface area contributed by atoms with Gasteiger partial charge in [-0.2, -0.15) is 0 Å². The molecule has 5 nitrogen and oxygen atoms in total. The van der Waals surface area contributed by atoms with Gasteiger partial charge >= 0.3 is 6.03 Å². The van der Waals surface area contributed by atoms with Gasteiger partial charge in [-0.05, 0) is 24.3 Å². The lowest BCUT2D eigenvalue weighted by atomic mass is 10.2. The average Bonchev–Trinajstić information content (AvgIpc) is 2.49. The van der Waals surface area contributed by atoms with Crippen LogP contribution in [0.2, 0.25) is 0 Å². The molecule has 0 atom stereocenters. The van der Waals surface area contributed by atoms with Crippen LogP contribution in [0.1, 0.15) is 0 Å². The molecule has 20 heavy (non-hydrogen) atoms. The summed E-state index contributed by atoms with van der Waals surface area (Å²) in [6.07, 6.45) is 0. The number of methoxy groups -OCH3 is 1. The van der Waals surface area contributed by atoms with Gasteiger partial charge in [0, 0.05) is 0 Å². The Morgan fingerprint density at radius 1 is 1.00 bits per heavy atom. The lowest BCUT2D eigenvalue weighted by Crippen LogP contribution is -2.26. The Bertz CT molecular complexity index is 558. The predicted octanol–water partition coefficient (Wildman–Crippen LogP) is 2.91. The van der Waals surface area contributed by atoms with Crippen LogP contribution in [0.4, 0.5) is 16.2 Å². The molecule has 0 saturated heterocycles. The van der Waals surface area contributed by atoms with Gasteiger partial charge in [0.1, 0.15) is 0 Å². The maximum Gasteiger partial charge on any atom is 0.357 e. The molecule has 0 aromatic heterocycles. The predicted molar refractivity (Wildman–Crippen MR) is 79.1 cm³/mol. The molecule has 5 heteroatoms. The number of ether oxygens (including phenoxy) is 1. The zero-order chi connectivity index (χ0) is 14.4. The van der Waals surface area contributed by atoms with Gasteiger partial charge in [0.25, 0.3) is 6.02 Å². The highest BCUT2D eigenvalue weighted by Crippen LogP contribution is 2.25. The molecule has 0 unspecified atom stereocenters. The molecule has 0 spiro atoms. The van der Waals surface area contributed by atoms with Crippen LogP contribution in [0.25, 0.3) is 0 Å². The molecule has 2 amide bonds. The highest BCUT2D eigenvalue weighted by molar-refractivity contribution is 6.04. The van der Waals surface area contributed by atoms with Crippen LogP contribution in [0.3, 0.4) is 0 Å². The van der Waals surface area contributed by atoms with Crippen molar-refractivity contribution in [1.29, 1.82) is 0 Å². The Kier molecular flexibility index (Phi) is 4.34. The maximum atomic E-state index is 12.3. The number of anilines is 2. The molecular weight excluding hydrogens is 254 g/mol. The van der Waals surface area contributed by atoms with E-state index < -0.39 is 6.03 Å². The number of aliphatic imine (C=N–C) groups is 1. The molecule has 0 aliphatic rings. The standard InChI is InChI=1S/C15H15N3O2/c1-20-14(16)17-15(19)18(12-8-4-2-5-9-12)13-10-6-3-7-11-13/h2-11H,1H3,(H2,16,17,19). The van der Waals surface area contributed by atoms with E-state index in [1.54, 1.807) is 0 Å². The van der Waals surface area contributed by atoms with E-state index in [0.29, 0.717) is 11.4 Å². The Hall–Kier alpha value is -2.82. The topological polar surface area (TPSA) is 67.9 Å². The highest BCUT2D eigenvalue weighted by atomic mass is 16.5. The van der Waals surface area contributed by atoms with Gasteiger partial charge in [0.05, 0.1) is 18.5 Å². The minimum atomic E-state index is -0.512. The molecule has 0 bridgehead atoms. The fourth-order valence-corrected chi connectivity index (χ4v) is 1.71. The second kappa shape index (κ2) is 6.38. The Morgan fingerprint density at radius 3 is 1.85 bits per heavy atom. The molecule has 2 aromatic rings. The van der Waals surface area contributed by atoms with E-state index in [2.05, 4.69) is 4.99 Å². The van der Waals surface area contributed by atoms with Crippen LogP contribution < -0.4 is 10.6 Å². The molecule has 0 radical (unpaired) electrons. The summed E-state index contributed by atoms with van der Waals surface area (Å²) in [5, 5.41) is 0. The second-order valence-electron chi connectivity index (χ2n) is 3.94. The average molecular weight is 269 g/mol. The third-order valence-electron chi connectivity index (χ3n) is 2.64. The normalized spacial score (nSPS) is 10.9. The molecule has 0 heterocycles. The molecule has 2 aromatic carbocycles. The van der Waals surface area contributed by atoms with Gasteiger partial charge < -0.3 is 10.5 Å². The minimum absolute atomic E-state index is 0.174. The number of amidine groups is 1. The van der Waals surface area contributed by atoms with Crippen LogP contribution in [0.15, 0.2) is 65.7 Å². The van der Waals surface area contributed by atoms with Gasteiger partial charge in [-0.25, -0.2) is 4.79 Å². The zero-order valence-electron chi connectivity index (χ0n) is 11.1. The number of rotatable bonds is 2. The minimum Gasteiger partial charge on any atom is -0.468 e. The van der Waals surface area contributed by atoms with Gasteiger partial charge in [-0.15, -0.1) is 4.99 Å². The third kappa shape index (κ3) is 3.14. The van der Waals surface area contributed by atoms with Crippen molar-refractivity contribution in [3.05, 3.63) is 60.7 Å². The Labute approximate surface area is 117 Å². The molecular formula is C15H15N3O2. The maximum absolute atomic E-state index is 12.3. The van der Waals surface area contributed by atoms with Crippen molar-refractivity contribution < 1.29 is 9.53 Å². The van der Waals surface area contributed by atoms with Crippen LogP contribution in [-0.4, -0.2) is 19.2 Å². The molecule has 2 N–H and O–H groups in total. The first-order valence-electron chi connectivity index (χ1n) is 6.04. The summed E-state index contributed by atoms with van der Waals surface area (Å²) in [6, 6.07) is 17.8. The first-order chi connectivity index (χ1) is 9.72. The first kappa shape index (κ1) is 13.6. The first-order valence-corrected chi connectivity index (χ1v) is 6.04. The van der Waals surface area contributed by atoms with Crippen LogP contribution >= 0.6 is 0 Å². The summed E-state index contributed by atoms with van der Waals surface area (Å²) in [7, 11) is 1.36. The van der Waals surface area contributed by atoms with E-state index in [-0.39, 0.29) is 6.02 Å². The number of nitrogens with zero attached hydrogens (tertiary/aromatic N) is 2. The van der Waals surface area contributed by atoms with Crippen molar-refractivity contribution in [1.82, 2.24) is 0 Å². The number of benzene rings is 2. The van der Waals surface area contributed by atoms with Crippen molar-refractivity contribution in [2.24, 2.45) is 10.7 Å². The van der Waals surface area contributed by atoms with Crippen molar-refractivity contribution in [3.8, 4) is 0 Å².